The monoisotopic (exact) mass is 243 g/mol. The molecule has 2 aromatic rings. The molecule has 3 heteroatoms. The smallest absolute Gasteiger partial charge is 0.169 e. The first kappa shape index (κ1) is 12.6. The second kappa shape index (κ2) is 4.41. The summed E-state index contributed by atoms with van der Waals surface area (Å²) >= 11 is 0. The normalized spacial score (nSPS) is 11.6. The van der Waals surface area contributed by atoms with Crippen LogP contribution in [0.25, 0.3) is 10.9 Å². The minimum Gasteiger partial charge on any atom is -0.494 e. The average molecular weight is 243 g/mol. The Bertz CT molecular complexity index is 597. The number of fused-ring (bicyclic) bond motifs is 1. The highest BCUT2D eigenvalue weighted by atomic mass is 16.5. The van der Waals surface area contributed by atoms with Crippen LogP contribution in [0.4, 0.5) is 0 Å². The van der Waals surface area contributed by atoms with Gasteiger partial charge >= 0.3 is 0 Å². The number of hydrogen-bond donors (Lipinski definition) is 0. The highest BCUT2D eigenvalue weighted by Gasteiger charge is 2.23. The van der Waals surface area contributed by atoms with Crippen molar-refractivity contribution in [1.29, 1.82) is 0 Å². The SMILES string of the molecule is COc1cccc2cc(C(=O)C(C)(C)C)cnc12. The molecule has 0 saturated heterocycles. The number of ether oxygens (including phenoxy) is 1. The molecule has 1 aromatic heterocycles. The molecule has 0 aliphatic rings. The molecule has 3 nitrogen and oxygen atoms in total. The van der Waals surface area contributed by atoms with Crippen molar-refractivity contribution in [1.82, 2.24) is 4.98 Å². The first-order valence-electron chi connectivity index (χ1n) is 5.91. The molecular formula is C15H17NO2. The van der Waals surface area contributed by atoms with Crippen molar-refractivity contribution in [3.8, 4) is 5.75 Å². The molecule has 0 spiro atoms. The summed E-state index contributed by atoms with van der Waals surface area (Å²) in [6.07, 6.45) is 1.62. The molecular weight excluding hydrogens is 226 g/mol. The number of hydrogen-bond acceptors (Lipinski definition) is 3. The van der Waals surface area contributed by atoms with E-state index in [4.69, 9.17) is 4.74 Å². The van der Waals surface area contributed by atoms with Gasteiger partial charge in [0.15, 0.2) is 5.78 Å². The number of nitrogens with zero attached hydrogens (tertiary/aromatic N) is 1. The van der Waals surface area contributed by atoms with Crippen molar-refractivity contribution in [2.45, 2.75) is 20.8 Å². The van der Waals surface area contributed by atoms with Crippen molar-refractivity contribution in [2.75, 3.05) is 7.11 Å². The number of carbonyl (C=O) groups excluding carboxylic acids is 1. The molecule has 0 atom stereocenters. The zero-order valence-corrected chi connectivity index (χ0v) is 11.2. The fourth-order valence-electron chi connectivity index (χ4n) is 1.85. The van der Waals surface area contributed by atoms with Gasteiger partial charge in [-0.25, -0.2) is 0 Å². The van der Waals surface area contributed by atoms with E-state index in [1.54, 1.807) is 13.3 Å². The number of rotatable bonds is 2. The summed E-state index contributed by atoms with van der Waals surface area (Å²) in [5.41, 5.74) is 1.03. The Labute approximate surface area is 107 Å². The molecule has 1 aromatic carbocycles. The molecule has 0 aliphatic heterocycles. The Morgan fingerprint density at radius 3 is 2.61 bits per heavy atom. The minimum absolute atomic E-state index is 0.0970. The quantitative estimate of drug-likeness (QED) is 0.758. The third-order valence-corrected chi connectivity index (χ3v) is 2.84. The third-order valence-electron chi connectivity index (χ3n) is 2.84. The molecule has 0 bridgehead atoms. The maximum atomic E-state index is 12.2. The van der Waals surface area contributed by atoms with Crippen LogP contribution in [0, 0.1) is 5.41 Å². The zero-order chi connectivity index (χ0) is 13.3. The first-order chi connectivity index (χ1) is 8.43. The highest BCUT2D eigenvalue weighted by molar-refractivity contribution is 6.02. The fraction of sp³-hybridized carbons (Fsp3) is 0.333. The number of aromatic nitrogens is 1. The largest absolute Gasteiger partial charge is 0.494 e. The standard InChI is InChI=1S/C15H17NO2/c1-15(2,3)14(17)11-8-10-6-5-7-12(18-4)13(10)16-9-11/h5-9H,1-4H3. The fourth-order valence-corrected chi connectivity index (χ4v) is 1.85. The minimum atomic E-state index is -0.395. The number of Topliss-reactive ketones (excluding diaryl/α,β-unsaturated/α-hetero) is 1. The molecule has 0 saturated carbocycles. The summed E-state index contributed by atoms with van der Waals surface area (Å²) in [4.78, 5) is 16.5. The van der Waals surface area contributed by atoms with Crippen LogP contribution < -0.4 is 4.74 Å². The van der Waals surface area contributed by atoms with Gasteiger partial charge in [0.05, 0.1) is 7.11 Å². The van der Waals surface area contributed by atoms with Crippen LogP contribution in [0.1, 0.15) is 31.1 Å². The number of pyridine rings is 1. The summed E-state index contributed by atoms with van der Waals surface area (Å²) in [5.74, 6) is 0.821. The van der Waals surface area contributed by atoms with Crippen LogP contribution in [0.5, 0.6) is 5.75 Å². The van der Waals surface area contributed by atoms with Crippen LogP contribution in [-0.4, -0.2) is 17.9 Å². The highest BCUT2D eigenvalue weighted by Crippen LogP contribution is 2.26. The molecule has 94 valence electrons. The Morgan fingerprint density at radius 2 is 2.00 bits per heavy atom. The summed E-state index contributed by atoms with van der Waals surface area (Å²) in [6.45, 7) is 5.72. The van der Waals surface area contributed by atoms with E-state index < -0.39 is 5.41 Å². The maximum absolute atomic E-state index is 12.2. The van der Waals surface area contributed by atoms with Gasteiger partial charge in [0.2, 0.25) is 0 Å². The Morgan fingerprint density at radius 1 is 1.28 bits per heavy atom. The van der Waals surface area contributed by atoms with Crippen molar-refractivity contribution in [3.63, 3.8) is 0 Å². The predicted molar refractivity (Wildman–Crippen MR) is 72.1 cm³/mol. The van der Waals surface area contributed by atoms with Gasteiger partial charge < -0.3 is 4.74 Å². The van der Waals surface area contributed by atoms with Gasteiger partial charge in [-0.1, -0.05) is 32.9 Å². The van der Waals surface area contributed by atoms with Crippen molar-refractivity contribution in [3.05, 3.63) is 36.0 Å². The third kappa shape index (κ3) is 2.21. The number of carbonyl (C=O) groups is 1. The van der Waals surface area contributed by atoms with Crippen LogP contribution >= 0.6 is 0 Å². The van der Waals surface area contributed by atoms with Gasteiger partial charge in [-0.05, 0) is 12.1 Å². The zero-order valence-electron chi connectivity index (χ0n) is 11.2. The topological polar surface area (TPSA) is 39.2 Å². The van der Waals surface area contributed by atoms with E-state index >= 15 is 0 Å². The van der Waals surface area contributed by atoms with E-state index in [0.717, 1.165) is 16.7 Å². The molecule has 2 rings (SSSR count). The maximum Gasteiger partial charge on any atom is 0.169 e. The van der Waals surface area contributed by atoms with Crippen LogP contribution in [0.2, 0.25) is 0 Å². The summed E-state index contributed by atoms with van der Waals surface area (Å²) in [7, 11) is 1.62. The number of methoxy groups -OCH3 is 1. The molecule has 0 aliphatic carbocycles. The molecule has 18 heavy (non-hydrogen) atoms. The van der Waals surface area contributed by atoms with Crippen molar-refractivity contribution >= 4 is 16.7 Å². The van der Waals surface area contributed by atoms with E-state index in [2.05, 4.69) is 4.98 Å². The first-order valence-corrected chi connectivity index (χ1v) is 5.91. The lowest BCUT2D eigenvalue weighted by atomic mass is 9.87. The second-order valence-electron chi connectivity index (χ2n) is 5.34. The summed E-state index contributed by atoms with van der Waals surface area (Å²) in [5, 5.41) is 0.921. The molecule has 1 heterocycles. The van der Waals surface area contributed by atoms with Crippen LogP contribution in [0.3, 0.4) is 0 Å². The molecule has 0 unspecified atom stereocenters. The second-order valence-corrected chi connectivity index (χ2v) is 5.34. The van der Waals surface area contributed by atoms with Crippen LogP contribution in [-0.2, 0) is 0 Å². The Balaban J connectivity index is 2.55. The lowest BCUT2D eigenvalue weighted by Gasteiger charge is -2.16. The predicted octanol–water partition coefficient (Wildman–Crippen LogP) is 3.47. The lowest BCUT2D eigenvalue weighted by molar-refractivity contribution is 0.0858. The van der Waals surface area contributed by atoms with Gasteiger partial charge in [-0.3, -0.25) is 9.78 Å². The number of benzene rings is 1. The Kier molecular flexibility index (Phi) is 3.07. The van der Waals surface area contributed by atoms with Gasteiger partial charge in [-0.15, -0.1) is 0 Å². The van der Waals surface area contributed by atoms with Gasteiger partial charge in [-0.2, -0.15) is 0 Å². The average Bonchev–Trinajstić information content (AvgIpc) is 2.35. The van der Waals surface area contributed by atoms with E-state index in [-0.39, 0.29) is 5.78 Å². The number of ketones is 1. The molecule has 0 radical (unpaired) electrons. The van der Waals surface area contributed by atoms with E-state index in [9.17, 15) is 4.79 Å². The van der Waals surface area contributed by atoms with Crippen molar-refractivity contribution in [2.24, 2.45) is 5.41 Å². The van der Waals surface area contributed by atoms with E-state index in [1.165, 1.54) is 0 Å². The number of para-hydroxylation sites is 1. The van der Waals surface area contributed by atoms with Crippen molar-refractivity contribution < 1.29 is 9.53 Å². The Hall–Kier alpha value is -1.90. The van der Waals surface area contributed by atoms with Gasteiger partial charge in [0, 0.05) is 22.6 Å². The van der Waals surface area contributed by atoms with E-state index in [0.29, 0.717) is 5.56 Å². The van der Waals surface area contributed by atoms with Crippen LogP contribution in [0.15, 0.2) is 30.5 Å². The van der Waals surface area contributed by atoms with E-state index in [1.807, 2.05) is 45.0 Å². The summed E-state index contributed by atoms with van der Waals surface area (Å²) < 4.78 is 5.25. The lowest BCUT2D eigenvalue weighted by Crippen LogP contribution is -2.20. The molecule has 0 amide bonds. The molecule has 0 N–H and O–H groups in total. The summed E-state index contributed by atoms with van der Waals surface area (Å²) in [6, 6.07) is 7.57. The molecule has 0 fully saturated rings. The van der Waals surface area contributed by atoms with Gasteiger partial charge in [0.1, 0.15) is 11.3 Å². The van der Waals surface area contributed by atoms with Gasteiger partial charge in [0.25, 0.3) is 0 Å².